The van der Waals surface area contributed by atoms with Crippen LogP contribution in [0.2, 0.25) is 0 Å². The van der Waals surface area contributed by atoms with Crippen LogP contribution in [-0.4, -0.2) is 36.7 Å². The number of hydrogen-bond donors (Lipinski definition) is 2. The molecule has 1 heterocycles. The number of ether oxygens (including phenoxy) is 1. The summed E-state index contributed by atoms with van der Waals surface area (Å²) in [4.78, 5) is 16.5. The van der Waals surface area contributed by atoms with Crippen LogP contribution in [0, 0.1) is 0 Å². The first-order chi connectivity index (χ1) is 10.1. The average molecular weight is 380 g/mol. The number of nitrogens with one attached hydrogen (secondary N) is 1. The second-order valence-electron chi connectivity index (χ2n) is 5.05. The fourth-order valence-electron chi connectivity index (χ4n) is 2.12. The molecule has 23 heavy (non-hydrogen) atoms. The lowest BCUT2D eigenvalue weighted by molar-refractivity contribution is -0.123. The SMILES string of the molecule is COC(CN)CC(=O)NC(C)Cc1nc2ccccc2s1.Cl.Cl. The van der Waals surface area contributed by atoms with Crippen molar-refractivity contribution in [3.8, 4) is 0 Å². The summed E-state index contributed by atoms with van der Waals surface area (Å²) in [6.45, 7) is 2.32. The molecule has 1 aromatic heterocycles. The molecule has 2 unspecified atom stereocenters. The third-order valence-electron chi connectivity index (χ3n) is 3.24. The van der Waals surface area contributed by atoms with Gasteiger partial charge in [0.2, 0.25) is 5.91 Å². The van der Waals surface area contributed by atoms with Gasteiger partial charge < -0.3 is 15.8 Å². The van der Waals surface area contributed by atoms with Gasteiger partial charge in [0.15, 0.2) is 0 Å². The van der Waals surface area contributed by atoms with E-state index in [4.69, 9.17) is 10.5 Å². The fraction of sp³-hybridized carbons (Fsp3) is 0.467. The Hall–Kier alpha value is -0.920. The van der Waals surface area contributed by atoms with Gasteiger partial charge in [0.05, 0.1) is 27.7 Å². The van der Waals surface area contributed by atoms with Gasteiger partial charge in [0, 0.05) is 26.1 Å². The molecule has 3 N–H and O–H groups in total. The normalized spacial score (nSPS) is 12.8. The molecule has 0 radical (unpaired) electrons. The molecule has 1 aromatic carbocycles. The van der Waals surface area contributed by atoms with E-state index in [1.165, 1.54) is 4.70 Å². The molecule has 1 amide bonds. The molecule has 2 aromatic rings. The van der Waals surface area contributed by atoms with Crippen LogP contribution < -0.4 is 11.1 Å². The molecule has 0 spiro atoms. The number of carbonyl (C=O) groups excluding carboxylic acids is 1. The molecule has 5 nitrogen and oxygen atoms in total. The minimum Gasteiger partial charge on any atom is -0.380 e. The minimum absolute atomic E-state index is 0. The Labute approximate surface area is 152 Å². The smallest absolute Gasteiger partial charge is 0.222 e. The van der Waals surface area contributed by atoms with Crippen LogP contribution in [0.15, 0.2) is 24.3 Å². The predicted molar refractivity (Wildman–Crippen MR) is 99.9 cm³/mol. The number of para-hydroxylation sites is 1. The second-order valence-corrected chi connectivity index (χ2v) is 6.16. The maximum absolute atomic E-state index is 11.9. The quantitative estimate of drug-likeness (QED) is 0.774. The molecule has 0 saturated heterocycles. The van der Waals surface area contributed by atoms with Crippen molar-refractivity contribution in [3.63, 3.8) is 0 Å². The maximum Gasteiger partial charge on any atom is 0.222 e. The van der Waals surface area contributed by atoms with E-state index in [0.717, 1.165) is 16.9 Å². The van der Waals surface area contributed by atoms with E-state index < -0.39 is 0 Å². The number of amides is 1. The van der Waals surface area contributed by atoms with Crippen LogP contribution in [0.1, 0.15) is 18.4 Å². The summed E-state index contributed by atoms with van der Waals surface area (Å²) in [7, 11) is 1.56. The molecule has 0 saturated carbocycles. The Morgan fingerprint density at radius 2 is 2.09 bits per heavy atom. The summed E-state index contributed by atoms with van der Waals surface area (Å²) in [6, 6.07) is 8.09. The monoisotopic (exact) mass is 379 g/mol. The molecule has 8 heteroatoms. The number of benzene rings is 1. The van der Waals surface area contributed by atoms with E-state index in [1.807, 2.05) is 25.1 Å². The second kappa shape index (κ2) is 10.8. The lowest BCUT2D eigenvalue weighted by atomic mass is 10.2. The van der Waals surface area contributed by atoms with Crippen LogP contribution in [0.25, 0.3) is 10.2 Å². The number of thiazole rings is 1. The van der Waals surface area contributed by atoms with E-state index in [0.29, 0.717) is 6.54 Å². The Kier molecular flexibility index (Phi) is 10.3. The van der Waals surface area contributed by atoms with Gasteiger partial charge in [-0.2, -0.15) is 0 Å². The van der Waals surface area contributed by atoms with E-state index >= 15 is 0 Å². The number of fused-ring (bicyclic) bond motifs is 1. The van der Waals surface area contributed by atoms with Gasteiger partial charge in [-0.15, -0.1) is 36.2 Å². The number of carbonyl (C=O) groups is 1. The number of rotatable bonds is 7. The summed E-state index contributed by atoms with van der Waals surface area (Å²) in [6.07, 6.45) is 0.794. The van der Waals surface area contributed by atoms with Crippen LogP contribution in [0.4, 0.5) is 0 Å². The minimum atomic E-state index is -0.223. The third kappa shape index (κ3) is 6.61. The summed E-state index contributed by atoms with van der Waals surface area (Å²) in [5.41, 5.74) is 6.53. The Morgan fingerprint density at radius 3 is 2.70 bits per heavy atom. The van der Waals surface area contributed by atoms with Gasteiger partial charge in [-0.25, -0.2) is 4.98 Å². The number of hydrogen-bond acceptors (Lipinski definition) is 5. The lowest BCUT2D eigenvalue weighted by Gasteiger charge is -2.16. The average Bonchev–Trinajstić information content (AvgIpc) is 2.86. The highest BCUT2D eigenvalue weighted by Gasteiger charge is 2.15. The zero-order valence-corrected chi connectivity index (χ0v) is 15.6. The van der Waals surface area contributed by atoms with Crippen molar-refractivity contribution >= 4 is 52.3 Å². The van der Waals surface area contributed by atoms with Gasteiger partial charge in [-0.05, 0) is 19.1 Å². The van der Waals surface area contributed by atoms with Crippen LogP contribution in [0.3, 0.4) is 0 Å². The number of methoxy groups -OCH3 is 1. The van der Waals surface area contributed by atoms with Crippen molar-refractivity contribution in [3.05, 3.63) is 29.3 Å². The first kappa shape index (κ1) is 22.1. The largest absolute Gasteiger partial charge is 0.380 e. The fourth-order valence-corrected chi connectivity index (χ4v) is 3.22. The Morgan fingerprint density at radius 1 is 1.39 bits per heavy atom. The van der Waals surface area contributed by atoms with Crippen LogP contribution in [-0.2, 0) is 16.0 Å². The van der Waals surface area contributed by atoms with E-state index in [9.17, 15) is 4.79 Å². The van der Waals surface area contributed by atoms with Crippen LogP contribution in [0.5, 0.6) is 0 Å². The maximum atomic E-state index is 11.9. The molecule has 0 fully saturated rings. The van der Waals surface area contributed by atoms with Crippen molar-refractivity contribution in [1.82, 2.24) is 10.3 Å². The van der Waals surface area contributed by atoms with Crippen molar-refractivity contribution in [2.75, 3.05) is 13.7 Å². The molecule has 0 bridgehead atoms. The summed E-state index contributed by atoms with van der Waals surface area (Å²) >= 11 is 1.67. The number of nitrogens with zero attached hydrogens (tertiary/aromatic N) is 1. The molecule has 0 aliphatic heterocycles. The first-order valence-corrected chi connectivity index (χ1v) is 7.80. The Balaban J connectivity index is 0.00000242. The standard InChI is InChI=1S/C15H21N3O2S.2ClH/c1-10(17-14(19)8-11(9-16)20-2)7-15-18-12-5-3-4-6-13(12)21-15;;/h3-6,10-11H,7-9,16H2,1-2H3,(H,17,19);2*1H. The zero-order valence-electron chi connectivity index (χ0n) is 13.2. The predicted octanol–water partition coefficient (Wildman–Crippen LogP) is 2.55. The first-order valence-electron chi connectivity index (χ1n) is 6.99. The van der Waals surface area contributed by atoms with Crippen molar-refractivity contribution in [2.24, 2.45) is 5.73 Å². The number of halogens is 2. The highest BCUT2D eigenvalue weighted by molar-refractivity contribution is 7.18. The van der Waals surface area contributed by atoms with Gasteiger partial charge >= 0.3 is 0 Å². The van der Waals surface area contributed by atoms with Crippen LogP contribution >= 0.6 is 36.2 Å². The third-order valence-corrected chi connectivity index (χ3v) is 4.29. The zero-order chi connectivity index (χ0) is 15.2. The summed E-state index contributed by atoms with van der Waals surface area (Å²) in [5, 5.41) is 4.00. The van der Waals surface area contributed by atoms with Crippen molar-refractivity contribution in [2.45, 2.75) is 31.9 Å². The van der Waals surface area contributed by atoms with Crippen molar-refractivity contribution in [1.29, 1.82) is 0 Å². The molecular formula is C15H23Cl2N3O2S. The summed E-state index contributed by atoms with van der Waals surface area (Å²) in [5.74, 6) is -0.0408. The topological polar surface area (TPSA) is 77.2 Å². The van der Waals surface area contributed by atoms with Gasteiger partial charge in [0.25, 0.3) is 0 Å². The Bertz CT molecular complexity index is 572. The molecule has 0 aliphatic carbocycles. The molecule has 2 atom stereocenters. The van der Waals surface area contributed by atoms with E-state index in [2.05, 4.69) is 16.4 Å². The highest BCUT2D eigenvalue weighted by atomic mass is 35.5. The lowest BCUT2D eigenvalue weighted by Crippen LogP contribution is -2.37. The number of nitrogens with two attached hydrogens (primary N) is 1. The molecule has 2 rings (SSSR count). The van der Waals surface area contributed by atoms with E-state index in [1.54, 1.807) is 18.4 Å². The number of aromatic nitrogens is 1. The van der Waals surface area contributed by atoms with Gasteiger partial charge in [-0.1, -0.05) is 12.1 Å². The van der Waals surface area contributed by atoms with Crippen molar-refractivity contribution < 1.29 is 9.53 Å². The highest BCUT2D eigenvalue weighted by Crippen LogP contribution is 2.22. The molecule has 130 valence electrons. The summed E-state index contributed by atoms with van der Waals surface area (Å²) < 4.78 is 6.29. The van der Waals surface area contributed by atoms with E-state index in [-0.39, 0.29) is 49.3 Å². The molecule has 0 aliphatic rings. The molecular weight excluding hydrogens is 357 g/mol. The van der Waals surface area contributed by atoms with Gasteiger partial charge in [-0.3, -0.25) is 4.79 Å². The van der Waals surface area contributed by atoms with Gasteiger partial charge in [0.1, 0.15) is 0 Å².